The zero-order valence-electron chi connectivity index (χ0n) is 9.82. The molecule has 16 heavy (non-hydrogen) atoms. The fraction of sp³-hybridized carbons (Fsp3) is 0.500. The van der Waals surface area contributed by atoms with Crippen LogP contribution in [0, 0.1) is 0 Å². The molecule has 0 aliphatic carbocycles. The molecule has 1 atom stereocenters. The Balaban J connectivity index is 2.57. The molecule has 0 heterocycles. The Labute approximate surface area is 107 Å². The highest BCUT2D eigenvalue weighted by Crippen LogP contribution is 2.32. The van der Waals surface area contributed by atoms with Crippen molar-refractivity contribution < 1.29 is 0 Å². The molecular weight excluding hydrogens is 240 g/mol. The van der Waals surface area contributed by atoms with Crippen molar-refractivity contribution >= 4 is 23.4 Å². The number of hydrogen-bond donors (Lipinski definition) is 1. The van der Waals surface area contributed by atoms with Gasteiger partial charge in [-0.05, 0) is 25.7 Å². The monoisotopic (exact) mass is 258 g/mol. The van der Waals surface area contributed by atoms with Crippen LogP contribution in [0.2, 0.25) is 5.02 Å². The summed E-state index contributed by atoms with van der Waals surface area (Å²) < 4.78 is 0. The minimum Gasteiger partial charge on any atom is -0.329 e. The quantitative estimate of drug-likeness (QED) is 0.851. The summed E-state index contributed by atoms with van der Waals surface area (Å²) in [5.41, 5.74) is 6.95. The maximum Gasteiger partial charge on any atom is 0.0449 e. The van der Waals surface area contributed by atoms with E-state index in [1.54, 1.807) is 0 Å². The number of nitrogens with two attached hydrogens (primary N) is 1. The molecule has 0 saturated heterocycles. The van der Waals surface area contributed by atoms with Crippen LogP contribution in [0.3, 0.4) is 0 Å². The molecule has 1 aromatic carbocycles. The Bertz CT molecular complexity index is 318. The summed E-state index contributed by atoms with van der Waals surface area (Å²) in [4.78, 5) is 2.17. The van der Waals surface area contributed by atoms with E-state index in [9.17, 15) is 0 Å². The molecule has 0 aromatic heterocycles. The van der Waals surface area contributed by atoms with Gasteiger partial charge in [0.15, 0.2) is 0 Å². The Morgan fingerprint density at radius 3 is 2.62 bits per heavy atom. The van der Waals surface area contributed by atoms with E-state index in [0.717, 1.165) is 22.9 Å². The summed E-state index contributed by atoms with van der Waals surface area (Å²) in [6.45, 7) is 1.69. The molecule has 0 fully saturated rings. The minimum atomic E-state index is 0.300. The largest absolute Gasteiger partial charge is 0.329 e. The standard InChI is InChI=1S/C12H19ClN2S/c1-15(2)7-8-16-12(9-14)10-5-3-4-6-11(10)13/h3-6,12H,7-9,14H2,1-2H3. The van der Waals surface area contributed by atoms with Gasteiger partial charge in [0, 0.05) is 29.1 Å². The van der Waals surface area contributed by atoms with Crippen LogP contribution < -0.4 is 5.73 Å². The Hall–Kier alpha value is -0.220. The molecule has 0 aliphatic rings. The number of nitrogens with zero attached hydrogens (tertiary/aromatic N) is 1. The highest BCUT2D eigenvalue weighted by molar-refractivity contribution is 7.99. The Morgan fingerprint density at radius 1 is 1.38 bits per heavy atom. The van der Waals surface area contributed by atoms with Crippen LogP contribution in [-0.2, 0) is 0 Å². The summed E-state index contributed by atoms with van der Waals surface area (Å²) in [6.07, 6.45) is 0. The highest BCUT2D eigenvalue weighted by Gasteiger charge is 2.12. The summed E-state index contributed by atoms with van der Waals surface area (Å²) in [6, 6.07) is 7.94. The highest BCUT2D eigenvalue weighted by atomic mass is 35.5. The molecule has 0 radical (unpaired) electrons. The second-order valence-corrected chi connectivity index (χ2v) is 5.64. The fourth-order valence-electron chi connectivity index (χ4n) is 1.40. The van der Waals surface area contributed by atoms with Crippen molar-refractivity contribution in [1.29, 1.82) is 0 Å². The molecule has 2 N–H and O–H groups in total. The second-order valence-electron chi connectivity index (χ2n) is 3.92. The zero-order valence-corrected chi connectivity index (χ0v) is 11.4. The van der Waals surface area contributed by atoms with Gasteiger partial charge in [-0.25, -0.2) is 0 Å². The van der Waals surface area contributed by atoms with Crippen molar-refractivity contribution in [3.05, 3.63) is 34.9 Å². The summed E-state index contributed by atoms with van der Waals surface area (Å²) >= 11 is 8.03. The molecule has 0 bridgehead atoms. The van der Waals surface area contributed by atoms with E-state index >= 15 is 0 Å². The fourth-order valence-corrected chi connectivity index (χ4v) is 3.01. The molecule has 1 unspecified atom stereocenters. The summed E-state index contributed by atoms with van der Waals surface area (Å²) in [7, 11) is 4.15. The summed E-state index contributed by atoms with van der Waals surface area (Å²) in [5.74, 6) is 1.07. The average molecular weight is 259 g/mol. The van der Waals surface area contributed by atoms with Gasteiger partial charge in [-0.2, -0.15) is 11.8 Å². The topological polar surface area (TPSA) is 29.3 Å². The van der Waals surface area contributed by atoms with Gasteiger partial charge in [0.1, 0.15) is 0 Å². The first-order valence-electron chi connectivity index (χ1n) is 5.36. The van der Waals surface area contributed by atoms with Crippen LogP contribution >= 0.6 is 23.4 Å². The molecule has 90 valence electrons. The van der Waals surface area contributed by atoms with Gasteiger partial charge in [0.05, 0.1) is 0 Å². The lowest BCUT2D eigenvalue weighted by Gasteiger charge is -2.17. The van der Waals surface area contributed by atoms with Crippen LogP contribution in [0.4, 0.5) is 0 Å². The molecular formula is C12H19ClN2S. The molecule has 2 nitrogen and oxygen atoms in total. The van der Waals surface area contributed by atoms with E-state index in [1.807, 2.05) is 30.0 Å². The minimum absolute atomic E-state index is 0.300. The number of hydrogen-bond acceptors (Lipinski definition) is 3. The molecule has 0 amide bonds. The van der Waals surface area contributed by atoms with Crippen molar-refractivity contribution in [1.82, 2.24) is 4.90 Å². The van der Waals surface area contributed by atoms with Crippen molar-refractivity contribution in [2.75, 3.05) is 32.9 Å². The third-order valence-corrected chi connectivity index (χ3v) is 3.93. The van der Waals surface area contributed by atoms with E-state index in [4.69, 9.17) is 17.3 Å². The predicted octanol–water partition coefficient (Wildman–Crippen LogP) is 2.63. The lowest BCUT2D eigenvalue weighted by molar-refractivity contribution is 0.437. The first-order valence-corrected chi connectivity index (χ1v) is 6.78. The van der Waals surface area contributed by atoms with Crippen molar-refractivity contribution in [2.24, 2.45) is 5.73 Å². The predicted molar refractivity (Wildman–Crippen MR) is 74.3 cm³/mol. The lowest BCUT2D eigenvalue weighted by Crippen LogP contribution is -2.17. The number of benzene rings is 1. The molecule has 1 aromatic rings. The number of thioether (sulfide) groups is 1. The Morgan fingerprint density at radius 2 is 2.06 bits per heavy atom. The first-order chi connectivity index (χ1) is 7.65. The van der Waals surface area contributed by atoms with Crippen LogP contribution in [0.5, 0.6) is 0 Å². The molecule has 0 aliphatic heterocycles. The third-order valence-electron chi connectivity index (χ3n) is 2.32. The Kier molecular flexibility index (Phi) is 6.21. The van der Waals surface area contributed by atoms with E-state index < -0.39 is 0 Å². The van der Waals surface area contributed by atoms with Crippen LogP contribution in [0.15, 0.2) is 24.3 Å². The number of halogens is 1. The average Bonchev–Trinajstić information content (AvgIpc) is 2.25. The molecule has 4 heteroatoms. The normalized spacial score (nSPS) is 13.1. The van der Waals surface area contributed by atoms with Gasteiger partial charge < -0.3 is 10.6 Å². The van der Waals surface area contributed by atoms with Crippen molar-refractivity contribution in [3.8, 4) is 0 Å². The van der Waals surface area contributed by atoms with Crippen LogP contribution in [0.1, 0.15) is 10.8 Å². The van der Waals surface area contributed by atoms with E-state index in [2.05, 4.69) is 25.1 Å². The van der Waals surface area contributed by atoms with Crippen LogP contribution in [-0.4, -0.2) is 37.8 Å². The lowest BCUT2D eigenvalue weighted by atomic mass is 10.1. The molecule has 0 saturated carbocycles. The van der Waals surface area contributed by atoms with Crippen LogP contribution in [0.25, 0.3) is 0 Å². The van der Waals surface area contributed by atoms with Crippen molar-refractivity contribution in [2.45, 2.75) is 5.25 Å². The smallest absolute Gasteiger partial charge is 0.0449 e. The van der Waals surface area contributed by atoms with E-state index in [0.29, 0.717) is 11.8 Å². The van der Waals surface area contributed by atoms with Gasteiger partial charge in [0.25, 0.3) is 0 Å². The SMILES string of the molecule is CN(C)CCSC(CN)c1ccccc1Cl. The zero-order chi connectivity index (χ0) is 12.0. The van der Waals surface area contributed by atoms with Gasteiger partial charge in [-0.15, -0.1) is 0 Å². The second kappa shape index (κ2) is 7.17. The first kappa shape index (κ1) is 13.8. The third kappa shape index (κ3) is 4.34. The maximum atomic E-state index is 6.16. The van der Waals surface area contributed by atoms with E-state index in [-0.39, 0.29) is 0 Å². The summed E-state index contributed by atoms with van der Waals surface area (Å²) in [5, 5.41) is 1.11. The van der Waals surface area contributed by atoms with Gasteiger partial charge in [-0.1, -0.05) is 29.8 Å². The van der Waals surface area contributed by atoms with Gasteiger partial charge in [-0.3, -0.25) is 0 Å². The molecule has 0 spiro atoms. The maximum absolute atomic E-state index is 6.16. The van der Waals surface area contributed by atoms with E-state index in [1.165, 1.54) is 0 Å². The van der Waals surface area contributed by atoms with Gasteiger partial charge in [0.2, 0.25) is 0 Å². The molecule has 1 rings (SSSR count). The van der Waals surface area contributed by atoms with Crippen molar-refractivity contribution in [3.63, 3.8) is 0 Å². The van der Waals surface area contributed by atoms with Gasteiger partial charge >= 0.3 is 0 Å². The number of rotatable bonds is 6.